The van der Waals surface area contributed by atoms with E-state index in [0.29, 0.717) is 0 Å². The Morgan fingerprint density at radius 1 is 1.29 bits per heavy atom. The standard InChI is InChI=1S/C15H20FNO4/c1-15(2,16)9-12(13(18)20-3)17-14(19)21-10-11-7-5-4-6-8-11/h4-8,12H,9-10H2,1-3H3,(H,17,19). The van der Waals surface area contributed by atoms with Crippen LogP contribution in [0.4, 0.5) is 9.18 Å². The number of hydrogen-bond donors (Lipinski definition) is 1. The molecule has 0 saturated carbocycles. The molecule has 0 bridgehead atoms. The first-order valence-corrected chi connectivity index (χ1v) is 6.56. The molecule has 0 aliphatic carbocycles. The lowest BCUT2D eigenvalue weighted by Crippen LogP contribution is -2.44. The van der Waals surface area contributed by atoms with Gasteiger partial charge in [0.05, 0.1) is 7.11 Å². The second-order valence-corrected chi connectivity index (χ2v) is 5.20. The van der Waals surface area contributed by atoms with E-state index in [4.69, 9.17) is 4.74 Å². The molecule has 116 valence electrons. The van der Waals surface area contributed by atoms with Crippen molar-refractivity contribution < 1.29 is 23.5 Å². The van der Waals surface area contributed by atoms with Crippen LogP contribution in [0.2, 0.25) is 0 Å². The molecule has 1 aromatic rings. The molecule has 21 heavy (non-hydrogen) atoms. The van der Waals surface area contributed by atoms with Crippen LogP contribution in [0.25, 0.3) is 0 Å². The molecule has 1 atom stereocenters. The summed E-state index contributed by atoms with van der Waals surface area (Å²) in [5.41, 5.74) is -0.806. The van der Waals surface area contributed by atoms with Crippen LogP contribution >= 0.6 is 0 Å². The number of carbonyl (C=O) groups is 2. The van der Waals surface area contributed by atoms with Crippen molar-refractivity contribution in [3.05, 3.63) is 35.9 Å². The van der Waals surface area contributed by atoms with Crippen LogP contribution in [-0.2, 0) is 20.9 Å². The zero-order chi connectivity index (χ0) is 15.9. The summed E-state index contributed by atoms with van der Waals surface area (Å²) in [5.74, 6) is -0.711. The van der Waals surface area contributed by atoms with Gasteiger partial charge < -0.3 is 14.8 Å². The molecule has 0 spiro atoms. The van der Waals surface area contributed by atoms with Gasteiger partial charge in [-0.25, -0.2) is 14.0 Å². The summed E-state index contributed by atoms with van der Waals surface area (Å²) in [6, 6.07) is 8.00. The number of methoxy groups -OCH3 is 1. The Kier molecular flexibility index (Phi) is 6.14. The summed E-state index contributed by atoms with van der Waals surface area (Å²) in [6.45, 7) is 2.71. The molecular weight excluding hydrogens is 277 g/mol. The predicted octanol–water partition coefficient (Wildman–Crippen LogP) is 2.59. The predicted molar refractivity (Wildman–Crippen MR) is 75.4 cm³/mol. The van der Waals surface area contributed by atoms with Crippen LogP contribution in [0, 0.1) is 0 Å². The number of nitrogens with one attached hydrogen (secondary N) is 1. The summed E-state index contributed by atoms with van der Waals surface area (Å²) >= 11 is 0. The van der Waals surface area contributed by atoms with Crippen molar-refractivity contribution in [2.24, 2.45) is 0 Å². The van der Waals surface area contributed by atoms with Gasteiger partial charge in [0.1, 0.15) is 18.3 Å². The van der Waals surface area contributed by atoms with Gasteiger partial charge in [-0.1, -0.05) is 30.3 Å². The SMILES string of the molecule is COC(=O)C(CC(C)(C)F)NC(=O)OCc1ccccc1. The second kappa shape index (κ2) is 7.61. The third-order valence-electron chi connectivity index (χ3n) is 2.68. The monoisotopic (exact) mass is 297 g/mol. The van der Waals surface area contributed by atoms with E-state index in [-0.39, 0.29) is 13.0 Å². The van der Waals surface area contributed by atoms with Crippen molar-refractivity contribution in [3.8, 4) is 0 Å². The van der Waals surface area contributed by atoms with Gasteiger partial charge >= 0.3 is 12.1 Å². The molecule has 1 rings (SSSR count). The molecule has 1 aromatic carbocycles. The Hall–Kier alpha value is -2.11. The third kappa shape index (κ3) is 6.74. The lowest BCUT2D eigenvalue weighted by atomic mass is 10.0. The number of alkyl halides is 1. The number of esters is 1. The summed E-state index contributed by atoms with van der Waals surface area (Å²) in [5, 5.41) is 2.32. The van der Waals surface area contributed by atoms with Gasteiger partial charge in [0.2, 0.25) is 0 Å². The van der Waals surface area contributed by atoms with Crippen LogP contribution in [0.3, 0.4) is 0 Å². The average molecular weight is 297 g/mol. The van der Waals surface area contributed by atoms with Crippen LogP contribution in [-0.4, -0.2) is 30.9 Å². The van der Waals surface area contributed by atoms with Crippen molar-refractivity contribution >= 4 is 12.1 Å². The number of rotatable bonds is 6. The van der Waals surface area contributed by atoms with Crippen LogP contribution < -0.4 is 5.32 Å². The quantitative estimate of drug-likeness (QED) is 0.820. The van der Waals surface area contributed by atoms with Crippen LogP contribution in [0.5, 0.6) is 0 Å². The van der Waals surface area contributed by atoms with E-state index in [1.165, 1.54) is 21.0 Å². The third-order valence-corrected chi connectivity index (χ3v) is 2.68. The van der Waals surface area contributed by atoms with Crippen molar-refractivity contribution in [2.75, 3.05) is 7.11 Å². The maximum Gasteiger partial charge on any atom is 0.408 e. The van der Waals surface area contributed by atoms with Crippen molar-refractivity contribution in [2.45, 2.75) is 38.6 Å². The maximum atomic E-state index is 13.6. The Bertz CT molecular complexity index is 470. The molecule has 0 radical (unpaired) electrons. The largest absolute Gasteiger partial charge is 0.467 e. The molecule has 5 nitrogen and oxygen atoms in total. The van der Waals surface area contributed by atoms with Gasteiger partial charge in [-0.05, 0) is 19.4 Å². The van der Waals surface area contributed by atoms with Crippen molar-refractivity contribution in [1.29, 1.82) is 0 Å². The summed E-state index contributed by atoms with van der Waals surface area (Å²) < 4.78 is 23.2. The molecule has 1 amide bonds. The van der Waals surface area contributed by atoms with E-state index >= 15 is 0 Å². The number of alkyl carbamates (subject to hydrolysis) is 1. The van der Waals surface area contributed by atoms with Gasteiger partial charge in [-0.2, -0.15) is 0 Å². The zero-order valence-corrected chi connectivity index (χ0v) is 12.4. The van der Waals surface area contributed by atoms with Crippen LogP contribution in [0.1, 0.15) is 25.8 Å². The molecule has 0 heterocycles. The lowest BCUT2D eigenvalue weighted by Gasteiger charge is -2.21. The molecule has 1 N–H and O–H groups in total. The molecule has 1 unspecified atom stereocenters. The highest BCUT2D eigenvalue weighted by Crippen LogP contribution is 2.17. The Labute approximate surface area is 123 Å². The average Bonchev–Trinajstić information content (AvgIpc) is 2.43. The summed E-state index contributed by atoms with van der Waals surface area (Å²) in [6.07, 6.45) is -0.987. The Morgan fingerprint density at radius 2 is 1.90 bits per heavy atom. The highest BCUT2D eigenvalue weighted by molar-refractivity contribution is 5.81. The van der Waals surface area contributed by atoms with Gasteiger partial charge in [0.25, 0.3) is 0 Å². The fourth-order valence-electron chi connectivity index (χ4n) is 1.73. The van der Waals surface area contributed by atoms with E-state index < -0.39 is 23.8 Å². The van der Waals surface area contributed by atoms with Gasteiger partial charge in [0, 0.05) is 6.42 Å². The first kappa shape index (κ1) is 16.9. The molecule has 0 aromatic heterocycles. The highest BCUT2D eigenvalue weighted by Gasteiger charge is 2.30. The second-order valence-electron chi connectivity index (χ2n) is 5.20. The maximum absolute atomic E-state index is 13.6. The molecule has 0 saturated heterocycles. The number of hydrogen-bond acceptors (Lipinski definition) is 4. The molecule has 0 aliphatic rings. The van der Waals surface area contributed by atoms with E-state index in [2.05, 4.69) is 10.1 Å². The fourth-order valence-corrected chi connectivity index (χ4v) is 1.73. The summed E-state index contributed by atoms with van der Waals surface area (Å²) in [4.78, 5) is 23.2. The highest BCUT2D eigenvalue weighted by atomic mass is 19.1. The molecular formula is C15H20FNO4. The molecule has 0 aliphatic heterocycles. The van der Waals surface area contributed by atoms with Gasteiger partial charge in [0.15, 0.2) is 0 Å². The Balaban J connectivity index is 2.54. The smallest absolute Gasteiger partial charge is 0.408 e. The molecule has 0 fully saturated rings. The van der Waals surface area contributed by atoms with Crippen LogP contribution in [0.15, 0.2) is 30.3 Å². The first-order chi connectivity index (χ1) is 9.81. The van der Waals surface area contributed by atoms with E-state index in [1.807, 2.05) is 18.2 Å². The van der Waals surface area contributed by atoms with Gasteiger partial charge in [-0.3, -0.25) is 0 Å². The summed E-state index contributed by atoms with van der Waals surface area (Å²) in [7, 11) is 1.18. The van der Waals surface area contributed by atoms with E-state index in [1.54, 1.807) is 12.1 Å². The zero-order valence-electron chi connectivity index (χ0n) is 12.4. The van der Waals surface area contributed by atoms with Gasteiger partial charge in [-0.15, -0.1) is 0 Å². The van der Waals surface area contributed by atoms with E-state index in [0.717, 1.165) is 5.56 Å². The fraction of sp³-hybridized carbons (Fsp3) is 0.467. The van der Waals surface area contributed by atoms with E-state index in [9.17, 15) is 14.0 Å². The van der Waals surface area contributed by atoms with Crippen molar-refractivity contribution in [1.82, 2.24) is 5.32 Å². The first-order valence-electron chi connectivity index (χ1n) is 6.56. The number of amides is 1. The topological polar surface area (TPSA) is 64.6 Å². The minimum absolute atomic E-state index is 0.0690. The number of halogens is 1. The lowest BCUT2D eigenvalue weighted by molar-refractivity contribution is -0.144. The number of ether oxygens (including phenoxy) is 2. The molecule has 6 heteroatoms. The Morgan fingerprint density at radius 3 is 2.43 bits per heavy atom. The number of carbonyl (C=O) groups excluding carboxylic acids is 2. The minimum Gasteiger partial charge on any atom is -0.467 e. The minimum atomic E-state index is -1.62. The van der Waals surface area contributed by atoms with Crippen molar-refractivity contribution in [3.63, 3.8) is 0 Å². The number of benzene rings is 1. The normalized spacial score (nSPS) is 12.4.